The molecule has 3 N–H and O–H groups in total. The van der Waals surface area contributed by atoms with E-state index in [1.165, 1.54) is 25.4 Å². The zero-order valence-electron chi connectivity index (χ0n) is 14.7. The van der Waals surface area contributed by atoms with Gasteiger partial charge in [0.15, 0.2) is 5.82 Å². The highest BCUT2D eigenvalue weighted by Gasteiger charge is 2.58. The van der Waals surface area contributed by atoms with E-state index in [2.05, 4.69) is 4.98 Å². The van der Waals surface area contributed by atoms with Gasteiger partial charge < -0.3 is 9.67 Å². The lowest BCUT2D eigenvalue weighted by molar-refractivity contribution is -0.271. The van der Waals surface area contributed by atoms with Crippen LogP contribution in [0.5, 0.6) is 0 Å². The van der Waals surface area contributed by atoms with Gasteiger partial charge in [0, 0.05) is 25.0 Å². The third-order valence-electron chi connectivity index (χ3n) is 4.02. The number of rotatable bonds is 5. The molecule has 2 aromatic rings. The average Bonchev–Trinajstić information content (AvgIpc) is 3.05. The molecule has 2 rings (SSSR count). The lowest BCUT2D eigenvalue weighted by Crippen LogP contribution is -2.50. The van der Waals surface area contributed by atoms with E-state index in [0.717, 1.165) is 22.7 Å². The fraction of sp³-hybridized carbons (Fsp3) is 0.353. The molecule has 0 bridgehead atoms. The van der Waals surface area contributed by atoms with Crippen LogP contribution in [0.3, 0.4) is 0 Å². The Morgan fingerprint density at radius 1 is 1.19 bits per heavy atom. The number of carbonyl (C=O) groups is 2. The van der Waals surface area contributed by atoms with Crippen molar-refractivity contribution in [1.29, 1.82) is 0 Å². The molecule has 1 aromatic carbocycles. The zero-order valence-corrected chi connectivity index (χ0v) is 14.7. The predicted octanol–water partition coefficient (Wildman–Crippen LogP) is 1.58. The van der Waals surface area contributed by atoms with Crippen molar-refractivity contribution in [3.05, 3.63) is 53.6 Å². The second-order valence-corrected chi connectivity index (χ2v) is 5.95. The van der Waals surface area contributed by atoms with Crippen molar-refractivity contribution < 1.29 is 27.9 Å². The SMILES string of the molecule is CCc1ccc(C(=O)NNC(=O)CC(O)(c2nccn2C)C(F)(F)F)cc1. The summed E-state index contributed by atoms with van der Waals surface area (Å²) in [4.78, 5) is 27.4. The molecular formula is C17H19F3N4O3. The molecule has 1 heterocycles. The molecule has 0 saturated carbocycles. The third kappa shape index (κ3) is 4.45. The smallest absolute Gasteiger partial charge is 0.374 e. The van der Waals surface area contributed by atoms with E-state index in [0.29, 0.717) is 0 Å². The summed E-state index contributed by atoms with van der Waals surface area (Å²) in [5.74, 6) is -2.65. The lowest BCUT2D eigenvalue weighted by atomic mass is 9.97. The van der Waals surface area contributed by atoms with Crippen molar-refractivity contribution in [3.8, 4) is 0 Å². The summed E-state index contributed by atoms with van der Waals surface area (Å²) in [5, 5.41) is 10.1. The zero-order chi connectivity index (χ0) is 20.2. The Morgan fingerprint density at radius 2 is 1.81 bits per heavy atom. The molecule has 0 aliphatic heterocycles. The van der Waals surface area contributed by atoms with Crippen LogP contribution < -0.4 is 10.9 Å². The van der Waals surface area contributed by atoms with E-state index >= 15 is 0 Å². The van der Waals surface area contributed by atoms with Gasteiger partial charge in [0.1, 0.15) is 0 Å². The highest BCUT2D eigenvalue weighted by Crippen LogP contribution is 2.40. The van der Waals surface area contributed by atoms with Crippen LogP contribution in [-0.2, 0) is 23.9 Å². The fourth-order valence-corrected chi connectivity index (χ4v) is 2.44. The molecule has 0 fully saturated rings. The number of hydrogen-bond donors (Lipinski definition) is 3. The summed E-state index contributed by atoms with van der Waals surface area (Å²) in [5.41, 5.74) is 1.64. The number of aliphatic hydroxyl groups is 1. The van der Waals surface area contributed by atoms with Crippen LogP contribution in [-0.4, -0.2) is 32.6 Å². The number of carbonyl (C=O) groups excluding carboxylic acids is 2. The number of amides is 2. The first-order valence-electron chi connectivity index (χ1n) is 8.03. The first-order valence-corrected chi connectivity index (χ1v) is 8.03. The molecule has 0 aliphatic rings. The van der Waals surface area contributed by atoms with Crippen LogP contribution >= 0.6 is 0 Å². The van der Waals surface area contributed by atoms with Crippen molar-refractivity contribution in [2.24, 2.45) is 7.05 Å². The third-order valence-corrected chi connectivity index (χ3v) is 4.02. The largest absolute Gasteiger partial charge is 0.425 e. The van der Waals surface area contributed by atoms with Gasteiger partial charge in [-0.25, -0.2) is 4.98 Å². The predicted molar refractivity (Wildman–Crippen MR) is 89.2 cm³/mol. The Balaban J connectivity index is 2.06. The van der Waals surface area contributed by atoms with Crippen molar-refractivity contribution in [2.75, 3.05) is 0 Å². The highest BCUT2D eigenvalue weighted by molar-refractivity contribution is 5.95. The van der Waals surface area contributed by atoms with Crippen LogP contribution in [0.15, 0.2) is 36.7 Å². The Bertz CT molecular complexity index is 818. The van der Waals surface area contributed by atoms with Crippen molar-refractivity contribution in [2.45, 2.75) is 31.5 Å². The molecule has 0 aliphatic carbocycles. The first kappa shape index (κ1) is 20.4. The average molecular weight is 384 g/mol. The molecule has 0 saturated heterocycles. The van der Waals surface area contributed by atoms with Crippen LogP contribution in [0.1, 0.15) is 35.1 Å². The molecule has 0 radical (unpaired) electrons. The van der Waals surface area contributed by atoms with Crippen molar-refractivity contribution in [1.82, 2.24) is 20.4 Å². The second kappa shape index (κ2) is 7.78. The number of nitrogens with zero attached hydrogens (tertiary/aromatic N) is 2. The standard InChI is InChI=1S/C17H19F3N4O3/c1-3-11-4-6-12(7-5-11)14(26)23-22-13(25)10-16(27,17(18,19)20)15-21-8-9-24(15)2/h4-9,27H,3,10H2,1-2H3,(H,22,25)(H,23,26). The number of halogens is 3. The van der Waals surface area contributed by atoms with Crippen LogP contribution in [0.25, 0.3) is 0 Å². The number of aryl methyl sites for hydroxylation is 2. The van der Waals surface area contributed by atoms with E-state index in [1.54, 1.807) is 12.1 Å². The van der Waals surface area contributed by atoms with E-state index in [9.17, 15) is 27.9 Å². The van der Waals surface area contributed by atoms with Crippen molar-refractivity contribution >= 4 is 11.8 Å². The fourth-order valence-electron chi connectivity index (χ4n) is 2.44. The molecule has 1 aromatic heterocycles. The van der Waals surface area contributed by atoms with Crippen LogP contribution in [0.4, 0.5) is 13.2 Å². The quantitative estimate of drug-likeness (QED) is 0.682. The van der Waals surface area contributed by atoms with Crippen molar-refractivity contribution in [3.63, 3.8) is 0 Å². The summed E-state index contributed by atoms with van der Waals surface area (Å²) < 4.78 is 41.1. The summed E-state index contributed by atoms with van der Waals surface area (Å²) in [6, 6.07) is 6.50. The molecule has 2 amide bonds. The maximum Gasteiger partial charge on any atom is 0.425 e. The topological polar surface area (TPSA) is 96.2 Å². The van der Waals surface area contributed by atoms with Gasteiger partial charge >= 0.3 is 6.18 Å². The molecule has 27 heavy (non-hydrogen) atoms. The summed E-state index contributed by atoms with van der Waals surface area (Å²) in [6.07, 6.45) is -3.45. The van der Waals surface area contributed by atoms with Gasteiger partial charge in [0.2, 0.25) is 11.5 Å². The van der Waals surface area contributed by atoms with Crippen LogP contribution in [0, 0.1) is 0 Å². The maximum atomic E-state index is 13.4. The second-order valence-electron chi connectivity index (χ2n) is 5.95. The van der Waals surface area contributed by atoms with Crippen LogP contribution in [0.2, 0.25) is 0 Å². The number of hydrogen-bond acceptors (Lipinski definition) is 4. The molecule has 0 spiro atoms. The number of imidazole rings is 1. The van der Waals surface area contributed by atoms with E-state index in [4.69, 9.17) is 0 Å². The lowest BCUT2D eigenvalue weighted by Gasteiger charge is -2.29. The number of aromatic nitrogens is 2. The van der Waals surface area contributed by atoms with Gasteiger partial charge in [-0.3, -0.25) is 20.4 Å². The molecule has 1 unspecified atom stereocenters. The first-order chi connectivity index (χ1) is 12.6. The molecular weight excluding hydrogens is 365 g/mol. The minimum atomic E-state index is -5.15. The van der Waals surface area contributed by atoms with Gasteiger partial charge in [-0.15, -0.1) is 0 Å². The number of hydrazine groups is 1. The van der Waals surface area contributed by atoms with Gasteiger partial charge in [-0.1, -0.05) is 19.1 Å². The van der Waals surface area contributed by atoms with Gasteiger partial charge in [0.05, 0.1) is 6.42 Å². The summed E-state index contributed by atoms with van der Waals surface area (Å²) in [6.45, 7) is 1.94. The van der Waals surface area contributed by atoms with E-state index in [-0.39, 0.29) is 5.56 Å². The number of alkyl halides is 3. The van der Waals surface area contributed by atoms with E-state index in [1.807, 2.05) is 17.8 Å². The Labute approximate surface area is 153 Å². The maximum absolute atomic E-state index is 13.4. The monoisotopic (exact) mass is 384 g/mol. The summed E-state index contributed by atoms with van der Waals surface area (Å²) in [7, 11) is 1.26. The van der Waals surface area contributed by atoms with Gasteiger partial charge in [0.25, 0.3) is 5.91 Å². The summed E-state index contributed by atoms with van der Waals surface area (Å²) >= 11 is 0. The molecule has 10 heteroatoms. The normalized spacial score (nSPS) is 13.7. The van der Waals surface area contributed by atoms with E-state index < -0.39 is 35.8 Å². The minimum absolute atomic E-state index is 0.225. The molecule has 1 atom stereocenters. The minimum Gasteiger partial charge on any atom is -0.374 e. The Morgan fingerprint density at radius 3 is 2.30 bits per heavy atom. The number of benzene rings is 1. The Kier molecular flexibility index (Phi) is 5.89. The Hall–Kier alpha value is -2.88. The van der Waals surface area contributed by atoms with Gasteiger partial charge in [-0.2, -0.15) is 13.2 Å². The number of nitrogens with one attached hydrogen (secondary N) is 2. The highest BCUT2D eigenvalue weighted by atomic mass is 19.4. The van der Waals surface area contributed by atoms with Gasteiger partial charge in [-0.05, 0) is 24.1 Å². The molecule has 7 nitrogen and oxygen atoms in total. The molecule has 146 valence electrons.